The van der Waals surface area contributed by atoms with Crippen molar-refractivity contribution in [1.29, 1.82) is 0 Å². The summed E-state index contributed by atoms with van der Waals surface area (Å²) in [7, 11) is 1.86. The van der Waals surface area contributed by atoms with Gasteiger partial charge in [-0.15, -0.1) is 34.2 Å². The van der Waals surface area contributed by atoms with E-state index in [1.807, 2.05) is 11.6 Å². The highest BCUT2D eigenvalue weighted by molar-refractivity contribution is 14.0. The Morgan fingerprint density at radius 3 is 2.48 bits per heavy atom. The van der Waals surface area contributed by atoms with Gasteiger partial charge in [-0.1, -0.05) is 19.3 Å². The van der Waals surface area contributed by atoms with Gasteiger partial charge in [0.1, 0.15) is 12.7 Å². The lowest BCUT2D eigenvalue weighted by Crippen LogP contribution is -2.51. The Bertz CT molecular complexity index is 569. The molecule has 0 unspecified atom stereocenters. The number of halogens is 1. The Hall–Kier alpha value is -0.940. The third-order valence-electron chi connectivity index (χ3n) is 6.03. The minimum Gasteiger partial charge on any atom is -0.379 e. The summed E-state index contributed by atoms with van der Waals surface area (Å²) in [6, 6.07) is 0. The van der Waals surface area contributed by atoms with Crippen molar-refractivity contribution in [3.05, 3.63) is 12.7 Å². The van der Waals surface area contributed by atoms with Crippen LogP contribution in [0.1, 0.15) is 44.9 Å². The normalized spacial score (nSPS) is 20.1. The molecule has 2 N–H and O–H groups in total. The SMILES string of the molecule is CN=C(NCCCCn1cnnc1)NCC1(CN2CCOCC2)CCCCC1.I. The van der Waals surface area contributed by atoms with E-state index in [9.17, 15) is 0 Å². The Kier molecular flexibility index (Phi) is 11.2. The number of ether oxygens (including phenoxy) is 1. The van der Waals surface area contributed by atoms with E-state index in [2.05, 4.69) is 30.7 Å². The van der Waals surface area contributed by atoms with Gasteiger partial charge in [0.2, 0.25) is 0 Å². The maximum Gasteiger partial charge on any atom is 0.190 e. The van der Waals surface area contributed by atoms with Gasteiger partial charge in [0.25, 0.3) is 0 Å². The lowest BCUT2D eigenvalue weighted by molar-refractivity contribution is 0.00820. The van der Waals surface area contributed by atoms with E-state index in [4.69, 9.17) is 4.74 Å². The van der Waals surface area contributed by atoms with Crippen LogP contribution in [0.4, 0.5) is 0 Å². The smallest absolute Gasteiger partial charge is 0.190 e. The van der Waals surface area contributed by atoms with Gasteiger partial charge in [0.15, 0.2) is 5.96 Å². The summed E-state index contributed by atoms with van der Waals surface area (Å²) >= 11 is 0. The minimum atomic E-state index is 0. The van der Waals surface area contributed by atoms with Crippen LogP contribution < -0.4 is 10.6 Å². The highest BCUT2D eigenvalue weighted by Gasteiger charge is 2.34. The van der Waals surface area contributed by atoms with E-state index < -0.39 is 0 Å². The van der Waals surface area contributed by atoms with Gasteiger partial charge in [0.05, 0.1) is 13.2 Å². The monoisotopic (exact) mass is 519 g/mol. The van der Waals surface area contributed by atoms with Crippen molar-refractivity contribution in [1.82, 2.24) is 30.3 Å². The standard InChI is InChI=1S/C20H37N7O.HI/c1-21-19(22-9-5-6-10-27-17-24-25-18-27)23-15-20(7-3-2-4-8-20)16-26-11-13-28-14-12-26;/h17-18H,2-16H2,1H3,(H2,21,22,23);1H. The highest BCUT2D eigenvalue weighted by Crippen LogP contribution is 2.36. The lowest BCUT2D eigenvalue weighted by atomic mass is 9.73. The Morgan fingerprint density at radius 1 is 1.07 bits per heavy atom. The molecule has 1 saturated heterocycles. The molecule has 3 rings (SSSR count). The molecule has 0 amide bonds. The Labute approximate surface area is 192 Å². The first-order valence-electron chi connectivity index (χ1n) is 10.9. The van der Waals surface area contributed by atoms with Crippen molar-refractivity contribution in [3.8, 4) is 0 Å². The zero-order valence-corrected chi connectivity index (χ0v) is 20.1. The molecule has 2 fully saturated rings. The molecule has 0 aromatic carbocycles. The molecule has 0 spiro atoms. The van der Waals surface area contributed by atoms with E-state index in [1.54, 1.807) is 12.7 Å². The summed E-state index contributed by atoms with van der Waals surface area (Å²) in [5.74, 6) is 0.927. The van der Waals surface area contributed by atoms with Crippen LogP contribution in [0.15, 0.2) is 17.6 Å². The van der Waals surface area contributed by atoms with Gasteiger partial charge in [0, 0.05) is 51.7 Å². The number of aromatic nitrogens is 3. The average Bonchev–Trinajstić information content (AvgIpc) is 3.25. The fourth-order valence-corrected chi connectivity index (χ4v) is 4.38. The van der Waals surface area contributed by atoms with Crippen LogP contribution in [0.5, 0.6) is 0 Å². The fourth-order valence-electron chi connectivity index (χ4n) is 4.38. The second-order valence-corrected chi connectivity index (χ2v) is 8.21. The molecule has 0 atom stereocenters. The van der Waals surface area contributed by atoms with E-state index in [0.717, 1.165) is 64.7 Å². The Morgan fingerprint density at radius 2 is 1.79 bits per heavy atom. The molecule has 1 aromatic heterocycles. The van der Waals surface area contributed by atoms with Crippen molar-refractivity contribution in [2.75, 3.05) is 53.0 Å². The number of nitrogens with zero attached hydrogens (tertiary/aromatic N) is 5. The highest BCUT2D eigenvalue weighted by atomic mass is 127. The number of aliphatic imine (C=N–C) groups is 1. The molecule has 29 heavy (non-hydrogen) atoms. The molecule has 2 heterocycles. The van der Waals surface area contributed by atoms with E-state index in [1.165, 1.54) is 38.6 Å². The maximum atomic E-state index is 5.53. The topological polar surface area (TPSA) is 79.6 Å². The molecule has 1 saturated carbocycles. The number of unbranched alkanes of at least 4 members (excludes halogenated alkanes) is 1. The molecule has 1 aliphatic heterocycles. The van der Waals surface area contributed by atoms with E-state index in [-0.39, 0.29) is 24.0 Å². The summed E-state index contributed by atoms with van der Waals surface area (Å²) < 4.78 is 7.55. The number of nitrogens with one attached hydrogen (secondary N) is 2. The van der Waals surface area contributed by atoms with Crippen LogP contribution >= 0.6 is 24.0 Å². The van der Waals surface area contributed by atoms with Gasteiger partial charge < -0.3 is 19.9 Å². The Balaban J connectivity index is 0.00000300. The number of aryl methyl sites for hydroxylation is 1. The molecule has 1 aromatic rings. The van der Waals surface area contributed by atoms with Gasteiger partial charge in [-0.25, -0.2) is 0 Å². The maximum absolute atomic E-state index is 5.53. The predicted octanol–water partition coefficient (Wildman–Crippen LogP) is 2.12. The van der Waals surface area contributed by atoms with Gasteiger partial charge in [-0.2, -0.15) is 0 Å². The van der Waals surface area contributed by atoms with Crippen LogP contribution in [0, 0.1) is 5.41 Å². The first kappa shape index (κ1) is 24.3. The third kappa shape index (κ3) is 8.37. The van der Waals surface area contributed by atoms with Crippen LogP contribution in [0.2, 0.25) is 0 Å². The summed E-state index contributed by atoms with van der Waals surface area (Å²) in [6.45, 7) is 7.97. The molecule has 166 valence electrons. The summed E-state index contributed by atoms with van der Waals surface area (Å²) in [5.41, 5.74) is 0.363. The molecular formula is C20H38IN7O. The van der Waals surface area contributed by atoms with Crippen LogP contribution in [0.3, 0.4) is 0 Å². The zero-order valence-electron chi connectivity index (χ0n) is 17.8. The second-order valence-electron chi connectivity index (χ2n) is 8.21. The molecule has 1 aliphatic carbocycles. The zero-order chi connectivity index (χ0) is 19.5. The molecule has 0 bridgehead atoms. The van der Waals surface area contributed by atoms with Crippen molar-refractivity contribution in [2.24, 2.45) is 10.4 Å². The number of guanidine groups is 1. The number of hydrogen-bond acceptors (Lipinski definition) is 5. The van der Waals surface area contributed by atoms with Crippen LogP contribution in [-0.4, -0.2) is 78.6 Å². The fraction of sp³-hybridized carbons (Fsp3) is 0.850. The number of hydrogen-bond donors (Lipinski definition) is 2. The largest absolute Gasteiger partial charge is 0.379 e. The number of rotatable bonds is 9. The van der Waals surface area contributed by atoms with Crippen LogP contribution in [0.25, 0.3) is 0 Å². The summed E-state index contributed by atoms with van der Waals surface area (Å²) in [6.07, 6.45) is 12.4. The summed E-state index contributed by atoms with van der Waals surface area (Å²) in [4.78, 5) is 7.03. The first-order valence-corrected chi connectivity index (χ1v) is 10.9. The van der Waals surface area contributed by atoms with Gasteiger partial charge in [-0.3, -0.25) is 9.89 Å². The molecule has 8 nitrogen and oxygen atoms in total. The minimum absolute atomic E-state index is 0. The van der Waals surface area contributed by atoms with Gasteiger partial charge in [-0.05, 0) is 25.7 Å². The van der Waals surface area contributed by atoms with Crippen molar-refractivity contribution >= 4 is 29.9 Å². The molecule has 2 aliphatic rings. The van der Waals surface area contributed by atoms with E-state index >= 15 is 0 Å². The predicted molar refractivity (Wildman–Crippen MR) is 127 cm³/mol. The third-order valence-corrected chi connectivity index (χ3v) is 6.03. The summed E-state index contributed by atoms with van der Waals surface area (Å²) in [5, 5.41) is 14.8. The van der Waals surface area contributed by atoms with Crippen molar-refractivity contribution in [3.63, 3.8) is 0 Å². The van der Waals surface area contributed by atoms with Crippen molar-refractivity contribution in [2.45, 2.75) is 51.5 Å². The van der Waals surface area contributed by atoms with E-state index in [0.29, 0.717) is 5.41 Å². The molecule has 0 radical (unpaired) electrons. The van der Waals surface area contributed by atoms with Crippen LogP contribution in [-0.2, 0) is 11.3 Å². The van der Waals surface area contributed by atoms with Crippen molar-refractivity contribution < 1.29 is 4.74 Å². The first-order chi connectivity index (χ1) is 13.8. The second kappa shape index (κ2) is 13.4. The van der Waals surface area contributed by atoms with Gasteiger partial charge >= 0.3 is 0 Å². The number of morpholine rings is 1. The quantitative estimate of drug-likeness (QED) is 0.225. The molecule has 9 heteroatoms. The average molecular weight is 519 g/mol. The lowest BCUT2D eigenvalue weighted by Gasteiger charge is -2.42. The molecular weight excluding hydrogens is 481 g/mol.